The fourth-order valence-electron chi connectivity index (χ4n) is 2.91. The lowest BCUT2D eigenvalue weighted by atomic mass is 9.92. The molecule has 0 radical (unpaired) electrons. The standard InChI is InChI=1S/C16H18N2O3/c17-9-6-12-4-3-5-13(10-12)15(21)18-16(11-14(19)20)7-1-2-8-16/h3-5,10H,1-2,6-8,11H2,(H,18,21)(H,19,20). The van der Waals surface area contributed by atoms with Gasteiger partial charge >= 0.3 is 5.97 Å². The van der Waals surface area contributed by atoms with E-state index in [9.17, 15) is 9.59 Å². The first-order valence-electron chi connectivity index (χ1n) is 7.05. The van der Waals surface area contributed by atoms with Crippen molar-refractivity contribution in [3.05, 3.63) is 35.4 Å². The van der Waals surface area contributed by atoms with Gasteiger partial charge in [0.2, 0.25) is 0 Å². The van der Waals surface area contributed by atoms with Crippen molar-refractivity contribution >= 4 is 11.9 Å². The molecule has 0 spiro atoms. The van der Waals surface area contributed by atoms with E-state index in [2.05, 4.69) is 5.32 Å². The van der Waals surface area contributed by atoms with E-state index in [1.807, 2.05) is 6.07 Å². The molecule has 21 heavy (non-hydrogen) atoms. The zero-order valence-corrected chi connectivity index (χ0v) is 11.8. The van der Waals surface area contributed by atoms with Crippen LogP contribution in [0.1, 0.15) is 48.0 Å². The summed E-state index contributed by atoms with van der Waals surface area (Å²) in [5.74, 6) is -1.16. The third-order valence-electron chi connectivity index (χ3n) is 3.90. The van der Waals surface area contributed by atoms with Gasteiger partial charge in [0.25, 0.3) is 5.91 Å². The number of benzene rings is 1. The normalized spacial score (nSPS) is 16.1. The highest BCUT2D eigenvalue weighted by Crippen LogP contribution is 2.33. The third-order valence-corrected chi connectivity index (χ3v) is 3.90. The molecule has 5 nitrogen and oxygen atoms in total. The van der Waals surface area contributed by atoms with Crippen molar-refractivity contribution in [2.75, 3.05) is 0 Å². The third kappa shape index (κ3) is 3.82. The Hall–Kier alpha value is -2.35. The Bertz CT molecular complexity index is 583. The van der Waals surface area contributed by atoms with Crippen molar-refractivity contribution < 1.29 is 14.7 Å². The number of hydrogen-bond donors (Lipinski definition) is 2. The van der Waals surface area contributed by atoms with Gasteiger partial charge in [0.15, 0.2) is 0 Å². The molecule has 1 amide bonds. The molecule has 1 aromatic carbocycles. The molecule has 110 valence electrons. The Kier molecular flexibility index (Phi) is 4.59. The van der Waals surface area contributed by atoms with Gasteiger partial charge in [-0.2, -0.15) is 5.26 Å². The molecule has 1 aliphatic carbocycles. The molecular weight excluding hydrogens is 268 g/mol. The molecule has 5 heteroatoms. The molecule has 1 aliphatic rings. The van der Waals surface area contributed by atoms with Crippen LogP contribution in [-0.2, 0) is 11.2 Å². The molecule has 1 fully saturated rings. The lowest BCUT2D eigenvalue weighted by Crippen LogP contribution is -2.47. The Balaban J connectivity index is 2.14. The first-order valence-corrected chi connectivity index (χ1v) is 7.05. The summed E-state index contributed by atoms with van der Waals surface area (Å²) in [6, 6.07) is 8.94. The van der Waals surface area contributed by atoms with Crippen LogP contribution in [-0.4, -0.2) is 22.5 Å². The molecule has 0 atom stereocenters. The predicted molar refractivity (Wildman–Crippen MR) is 76.7 cm³/mol. The minimum atomic E-state index is -0.893. The molecule has 1 aromatic rings. The summed E-state index contributed by atoms with van der Waals surface area (Å²) in [7, 11) is 0. The lowest BCUT2D eigenvalue weighted by Gasteiger charge is -2.28. The van der Waals surface area contributed by atoms with Crippen LogP contribution >= 0.6 is 0 Å². The summed E-state index contributed by atoms with van der Waals surface area (Å²) in [5, 5.41) is 20.7. The minimum absolute atomic E-state index is 0.0450. The number of rotatable bonds is 5. The highest BCUT2D eigenvalue weighted by Gasteiger charge is 2.37. The van der Waals surface area contributed by atoms with Crippen LogP contribution < -0.4 is 5.32 Å². The quantitative estimate of drug-likeness (QED) is 0.868. The topological polar surface area (TPSA) is 90.2 Å². The van der Waals surface area contributed by atoms with Crippen molar-refractivity contribution in [3.8, 4) is 6.07 Å². The summed E-state index contributed by atoms with van der Waals surface area (Å²) in [4.78, 5) is 23.4. The van der Waals surface area contributed by atoms with Crippen molar-refractivity contribution in [2.45, 2.75) is 44.1 Å². The Morgan fingerprint density at radius 1 is 1.33 bits per heavy atom. The molecule has 2 N–H and O–H groups in total. The summed E-state index contributed by atoms with van der Waals surface area (Å²) in [5.41, 5.74) is 0.622. The predicted octanol–water partition coefficient (Wildman–Crippen LogP) is 2.27. The van der Waals surface area contributed by atoms with Gasteiger partial charge in [-0.25, -0.2) is 0 Å². The fraction of sp³-hybridized carbons (Fsp3) is 0.438. The lowest BCUT2D eigenvalue weighted by molar-refractivity contribution is -0.138. The first kappa shape index (κ1) is 15.0. The smallest absolute Gasteiger partial charge is 0.305 e. The number of hydrogen-bond acceptors (Lipinski definition) is 3. The molecular formula is C16H18N2O3. The molecule has 0 aromatic heterocycles. The van der Waals surface area contributed by atoms with E-state index in [0.29, 0.717) is 18.4 Å². The number of nitrogens with zero attached hydrogens (tertiary/aromatic N) is 1. The summed E-state index contributed by atoms with van der Waals surface area (Å²) < 4.78 is 0. The number of nitrogens with one attached hydrogen (secondary N) is 1. The molecule has 0 unspecified atom stereocenters. The number of nitriles is 1. The molecule has 2 rings (SSSR count). The van der Waals surface area contributed by atoms with Crippen molar-refractivity contribution in [1.82, 2.24) is 5.32 Å². The van der Waals surface area contributed by atoms with E-state index in [-0.39, 0.29) is 18.7 Å². The largest absolute Gasteiger partial charge is 0.481 e. The van der Waals surface area contributed by atoms with Crippen LogP contribution in [0.25, 0.3) is 0 Å². The maximum atomic E-state index is 12.4. The fourth-order valence-corrected chi connectivity index (χ4v) is 2.91. The minimum Gasteiger partial charge on any atom is -0.481 e. The summed E-state index contributed by atoms with van der Waals surface area (Å²) in [6.07, 6.45) is 3.47. The SMILES string of the molecule is N#CCc1cccc(C(=O)NC2(CC(=O)O)CCCC2)c1. The number of carbonyl (C=O) groups excluding carboxylic acids is 1. The van der Waals surface area contributed by atoms with Crippen LogP contribution in [0.4, 0.5) is 0 Å². The van der Waals surface area contributed by atoms with Gasteiger partial charge in [-0.05, 0) is 30.5 Å². The molecule has 0 aliphatic heterocycles. The van der Waals surface area contributed by atoms with Crippen molar-refractivity contribution in [3.63, 3.8) is 0 Å². The zero-order chi connectivity index (χ0) is 15.3. The second-order valence-corrected chi connectivity index (χ2v) is 5.55. The molecule has 1 saturated carbocycles. The highest BCUT2D eigenvalue weighted by molar-refractivity contribution is 5.95. The first-order chi connectivity index (χ1) is 10.0. The Morgan fingerprint density at radius 3 is 2.67 bits per heavy atom. The van der Waals surface area contributed by atoms with Gasteiger partial charge in [0.05, 0.1) is 24.4 Å². The monoisotopic (exact) mass is 286 g/mol. The Morgan fingerprint density at radius 2 is 2.05 bits per heavy atom. The zero-order valence-electron chi connectivity index (χ0n) is 11.8. The second kappa shape index (κ2) is 6.40. The van der Waals surface area contributed by atoms with E-state index >= 15 is 0 Å². The Labute approximate surface area is 123 Å². The van der Waals surface area contributed by atoms with Gasteiger partial charge in [0.1, 0.15) is 0 Å². The molecule has 0 heterocycles. The van der Waals surface area contributed by atoms with Crippen LogP contribution in [0.3, 0.4) is 0 Å². The maximum absolute atomic E-state index is 12.4. The van der Waals surface area contributed by atoms with E-state index in [4.69, 9.17) is 10.4 Å². The van der Waals surface area contributed by atoms with Gasteiger partial charge in [0, 0.05) is 5.56 Å². The number of carboxylic acids is 1. The van der Waals surface area contributed by atoms with Crippen LogP contribution in [0.5, 0.6) is 0 Å². The highest BCUT2D eigenvalue weighted by atomic mass is 16.4. The second-order valence-electron chi connectivity index (χ2n) is 5.55. The van der Waals surface area contributed by atoms with Gasteiger partial charge in [-0.15, -0.1) is 0 Å². The number of amides is 1. The van der Waals surface area contributed by atoms with Crippen LogP contribution in [0, 0.1) is 11.3 Å². The number of aliphatic carboxylic acids is 1. The number of carbonyl (C=O) groups is 2. The van der Waals surface area contributed by atoms with Crippen LogP contribution in [0.15, 0.2) is 24.3 Å². The van der Waals surface area contributed by atoms with Crippen molar-refractivity contribution in [2.24, 2.45) is 0 Å². The van der Waals surface area contributed by atoms with Gasteiger partial charge < -0.3 is 10.4 Å². The van der Waals surface area contributed by atoms with Crippen LogP contribution in [0.2, 0.25) is 0 Å². The number of carboxylic acid groups (broad SMARTS) is 1. The average molecular weight is 286 g/mol. The summed E-state index contributed by atoms with van der Waals surface area (Å²) >= 11 is 0. The van der Waals surface area contributed by atoms with E-state index in [0.717, 1.165) is 18.4 Å². The maximum Gasteiger partial charge on any atom is 0.305 e. The molecule has 0 saturated heterocycles. The molecule has 0 bridgehead atoms. The van der Waals surface area contributed by atoms with Gasteiger partial charge in [-0.1, -0.05) is 25.0 Å². The average Bonchev–Trinajstić information content (AvgIpc) is 2.86. The van der Waals surface area contributed by atoms with E-state index in [1.54, 1.807) is 24.3 Å². The van der Waals surface area contributed by atoms with E-state index < -0.39 is 11.5 Å². The van der Waals surface area contributed by atoms with Gasteiger partial charge in [-0.3, -0.25) is 9.59 Å². The van der Waals surface area contributed by atoms with Crippen molar-refractivity contribution in [1.29, 1.82) is 5.26 Å². The summed E-state index contributed by atoms with van der Waals surface area (Å²) in [6.45, 7) is 0. The van der Waals surface area contributed by atoms with E-state index in [1.165, 1.54) is 0 Å².